The minimum Gasteiger partial charge on any atom is -0.317 e. The molecule has 2 N–H and O–H groups in total. The largest absolute Gasteiger partial charge is 0.317 e. The Balaban J connectivity index is 2.38. The average Bonchev–Trinajstić information content (AvgIpc) is 2.50. The van der Waals surface area contributed by atoms with Gasteiger partial charge in [-0.2, -0.15) is 0 Å². The molecular weight excluding hydrogens is 248 g/mol. The Bertz CT molecular complexity index is 317. The first kappa shape index (κ1) is 15.9. The molecule has 1 fully saturated rings. The second kappa shape index (κ2) is 8.12. The molecule has 5 heteroatoms. The predicted octanol–water partition coefficient (Wildman–Crippen LogP) is 1.87. The lowest BCUT2D eigenvalue weighted by atomic mass is 9.98. The van der Waals surface area contributed by atoms with E-state index in [0.717, 1.165) is 32.4 Å². The van der Waals surface area contributed by atoms with Crippen LogP contribution in [0.5, 0.6) is 0 Å². The van der Waals surface area contributed by atoms with Gasteiger partial charge in [0.15, 0.2) is 0 Å². The maximum Gasteiger partial charge on any atom is 0.211 e. The van der Waals surface area contributed by atoms with E-state index >= 15 is 0 Å². The van der Waals surface area contributed by atoms with Gasteiger partial charge in [0, 0.05) is 6.04 Å². The van der Waals surface area contributed by atoms with Crippen molar-refractivity contribution in [2.45, 2.75) is 58.4 Å². The molecule has 18 heavy (non-hydrogen) atoms. The van der Waals surface area contributed by atoms with Crippen molar-refractivity contribution in [1.82, 2.24) is 10.0 Å². The highest BCUT2D eigenvalue weighted by atomic mass is 32.2. The lowest BCUT2D eigenvalue weighted by molar-refractivity contribution is 0.399. The molecule has 0 aliphatic heterocycles. The minimum absolute atomic E-state index is 0.150. The normalized spacial score (nSPS) is 25.9. The molecule has 0 aromatic carbocycles. The Hall–Kier alpha value is -0.130. The van der Waals surface area contributed by atoms with Gasteiger partial charge in [0.25, 0.3) is 0 Å². The van der Waals surface area contributed by atoms with E-state index < -0.39 is 10.0 Å². The van der Waals surface area contributed by atoms with Gasteiger partial charge in [-0.1, -0.05) is 33.1 Å². The lowest BCUT2D eigenvalue weighted by Gasteiger charge is -2.22. The maximum absolute atomic E-state index is 12.0. The van der Waals surface area contributed by atoms with Gasteiger partial charge in [-0.25, -0.2) is 13.1 Å². The van der Waals surface area contributed by atoms with Gasteiger partial charge in [0.1, 0.15) is 0 Å². The van der Waals surface area contributed by atoms with E-state index in [0.29, 0.717) is 12.3 Å². The maximum atomic E-state index is 12.0. The summed E-state index contributed by atoms with van der Waals surface area (Å²) in [4.78, 5) is 0. The predicted molar refractivity (Wildman–Crippen MR) is 76.1 cm³/mol. The monoisotopic (exact) mass is 276 g/mol. The fraction of sp³-hybridized carbons (Fsp3) is 1.00. The fourth-order valence-corrected chi connectivity index (χ4v) is 3.98. The molecule has 0 heterocycles. The standard InChI is InChI=1S/C13H28N2O2S/c1-3-14-10-7-11-18(16,17)15-13-9-6-4-5-8-12(13)2/h12-15H,3-11H2,1-2H3. The molecule has 1 aliphatic rings. The van der Waals surface area contributed by atoms with Crippen molar-refractivity contribution >= 4 is 10.0 Å². The summed E-state index contributed by atoms with van der Waals surface area (Å²) in [5.41, 5.74) is 0. The van der Waals surface area contributed by atoms with Gasteiger partial charge in [0.05, 0.1) is 5.75 Å². The second-order valence-electron chi connectivity index (χ2n) is 5.37. The summed E-state index contributed by atoms with van der Waals surface area (Å²) in [5.74, 6) is 0.708. The Morgan fingerprint density at radius 2 is 1.89 bits per heavy atom. The summed E-state index contributed by atoms with van der Waals surface area (Å²) in [5, 5.41) is 3.15. The molecule has 0 aromatic heterocycles. The molecule has 1 aliphatic carbocycles. The number of nitrogens with one attached hydrogen (secondary N) is 2. The van der Waals surface area contributed by atoms with E-state index in [1.54, 1.807) is 0 Å². The van der Waals surface area contributed by atoms with Gasteiger partial charge in [0.2, 0.25) is 10.0 Å². The molecule has 0 aromatic rings. The van der Waals surface area contributed by atoms with Crippen LogP contribution in [0, 0.1) is 5.92 Å². The molecule has 1 rings (SSSR count). The van der Waals surface area contributed by atoms with Crippen molar-refractivity contribution < 1.29 is 8.42 Å². The summed E-state index contributed by atoms with van der Waals surface area (Å²) in [6.07, 6.45) is 6.44. The van der Waals surface area contributed by atoms with Crippen LogP contribution >= 0.6 is 0 Å². The van der Waals surface area contributed by atoms with E-state index in [2.05, 4.69) is 17.0 Å². The number of hydrogen-bond donors (Lipinski definition) is 2. The third-order valence-electron chi connectivity index (χ3n) is 3.71. The smallest absolute Gasteiger partial charge is 0.211 e. The van der Waals surface area contributed by atoms with Gasteiger partial charge < -0.3 is 5.32 Å². The molecule has 0 bridgehead atoms. The van der Waals surface area contributed by atoms with Crippen molar-refractivity contribution in [3.63, 3.8) is 0 Å². The van der Waals surface area contributed by atoms with Crippen molar-refractivity contribution in [3.05, 3.63) is 0 Å². The van der Waals surface area contributed by atoms with E-state index in [1.807, 2.05) is 6.92 Å². The quantitative estimate of drug-likeness (QED) is 0.551. The fourth-order valence-electron chi connectivity index (χ4n) is 2.52. The third kappa shape index (κ3) is 6.16. The van der Waals surface area contributed by atoms with Gasteiger partial charge in [-0.05, 0) is 38.3 Å². The first-order valence-electron chi connectivity index (χ1n) is 7.26. The third-order valence-corrected chi connectivity index (χ3v) is 5.20. The molecule has 0 saturated heterocycles. The Labute approximate surface area is 112 Å². The molecular formula is C13H28N2O2S. The minimum atomic E-state index is -3.10. The SMILES string of the molecule is CCNCCCS(=O)(=O)NC1CCCCCC1C. The van der Waals surface area contributed by atoms with E-state index in [4.69, 9.17) is 0 Å². The molecule has 2 atom stereocenters. The highest BCUT2D eigenvalue weighted by Gasteiger charge is 2.24. The van der Waals surface area contributed by atoms with Crippen molar-refractivity contribution in [2.75, 3.05) is 18.8 Å². The molecule has 2 unspecified atom stereocenters. The first-order chi connectivity index (χ1) is 8.55. The van der Waals surface area contributed by atoms with Gasteiger partial charge in [-0.15, -0.1) is 0 Å². The highest BCUT2D eigenvalue weighted by Crippen LogP contribution is 2.23. The summed E-state index contributed by atoms with van der Waals surface area (Å²) >= 11 is 0. The Morgan fingerprint density at radius 1 is 1.17 bits per heavy atom. The first-order valence-corrected chi connectivity index (χ1v) is 8.91. The zero-order valence-corrected chi connectivity index (χ0v) is 12.6. The van der Waals surface area contributed by atoms with Crippen LogP contribution in [0.4, 0.5) is 0 Å². The van der Waals surface area contributed by atoms with Crippen molar-refractivity contribution in [2.24, 2.45) is 5.92 Å². The van der Waals surface area contributed by atoms with Gasteiger partial charge in [-0.3, -0.25) is 0 Å². The molecule has 0 spiro atoms. The van der Waals surface area contributed by atoms with Crippen molar-refractivity contribution in [3.8, 4) is 0 Å². The summed E-state index contributed by atoms with van der Waals surface area (Å²) in [7, 11) is -3.10. The Morgan fingerprint density at radius 3 is 2.61 bits per heavy atom. The van der Waals surface area contributed by atoms with Crippen LogP contribution in [0.15, 0.2) is 0 Å². The van der Waals surface area contributed by atoms with Crippen LogP contribution in [-0.4, -0.2) is 33.3 Å². The number of sulfonamides is 1. The van der Waals surface area contributed by atoms with Crippen LogP contribution < -0.4 is 10.0 Å². The van der Waals surface area contributed by atoms with Crippen molar-refractivity contribution in [1.29, 1.82) is 0 Å². The lowest BCUT2D eigenvalue weighted by Crippen LogP contribution is -2.40. The molecule has 0 radical (unpaired) electrons. The Kier molecular flexibility index (Phi) is 7.19. The topological polar surface area (TPSA) is 58.2 Å². The summed E-state index contributed by atoms with van der Waals surface area (Å²) < 4.78 is 26.9. The van der Waals surface area contributed by atoms with Crippen LogP contribution in [0.1, 0.15) is 52.4 Å². The van der Waals surface area contributed by atoms with E-state index in [1.165, 1.54) is 12.8 Å². The van der Waals surface area contributed by atoms with Gasteiger partial charge >= 0.3 is 0 Å². The van der Waals surface area contributed by atoms with Crippen LogP contribution in [0.3, 0.4) is 0 Å². The molecule has 0 amide bonds. The van der Waals surface area contributed by atoms with Crippen LogP contribution in [0.25, 0.3) is 0 Å². The zero-order chi connectivity index (χ0) is 13.4. The van der Waals surface area contributed by atoms with Crippen LogP contribution in [0.2, 0.25) is 0 Å². The zero-order valence-electron chi connectivity index (χ0n) is 11.7. The van der Waals surface area contributed by atoms with Crippen LogP contribution in [-0.2, 0) is 10.0 Å². The highest BCUT2D eigenvalue weighted by molar-refractivity contribution is 7.89. The summed E-state index contributed by atoms with van der Waals surface area (Å²) in [6.45, 7) is 5.86. The molecule has 4 nitrogen and oxygen atoms in total. The van der Waals surface area contributed by atoms with E-state index in [-0.39, 0.29) is 11.8 Å². The van der Waals surface area contributed by atoms with E-state index in [9.17, 15) is 8.42 Å². The number of hydrogen-bond acceptors (Lipinski definition) is 3. The average molecular weight is 276 g/mol. The summed E-state index contributed by atoms with van der Waals surface area (Å²) in [6, 6.07) is 0.150. The molecule has 108 valence electrons. The molecule has 1 saturated carbocycles. The number of rotatable bonds is 7. The second-order valence-corrected chi connectivity index (χ2v) is 7.24.